The molecule has 0 bridgehead atoms. The molecule has 156 valence electrons. The van der Waals surface area contributed by atoms with Crippen molar-refractivity contribution in [3.05, 3.63) is 82.4 Å². The van der Waals surface area contributed by atoms with E-state index in [9.17, 15) is 0 Å². The Morgan fingerprint density at radius 2 is 1.90 bits per heavy atom. The van der Waals surface area contributed by atoms with Crippen LogP contribution in [-0.2, 0) is 0 Å². The summed E-state index contributed by atoms with van der Waals surface area (Å²) in [4.78, 5) is 6.97. The minimum Gasteiger partial charge on any atom is -0.352 e. The van der Waals surface area contributed by atoms with Gasteiger partial charge in [0.1, 0.15) is 0 Å². The molecule has 1 saturated heterocycles. The van der Waals surface area contributed by atoms with E-state index in [-0.39, 0.29) is 12.1 Å². The van der Waals surface area contributed by atoms with E-state index >= 15 is 0 Å². The van der Waals surface area contributed by atoms with Gasteiger partial charge in [0, 0.05) is 24.1 Å². The number of nitrogens with one attached hydrogen (secondary N) is 1. The third-order valence-corrected chi connectivity index (χ3v) is 6.50. The van der Waals surface area contributed by atoms with Gasteiger partial charge in [-0.05, 0) is 68.4 Å². The molecule has 0 amide bonds. The number of benzene rings is 1. The number of unbranched alkanes of at least 4 members (excludes halogenated alkanes) is 1. The van der Waals surface area contributed by atoms with Crippen molar-refractivity contribution in [3.63, 3.8) is 0 Å². The SMILES string of the molecule is CCCCN1C(=S)N[C@H](c2ccccn2)[C@@H]1c1cc(C)n(-c2ccccc2Cl)c1C. The van der Waals surface area contributed by atoms with E-state index in [0.29, 0.717) is 0 Å². The topological polar surface area (TPSA) is 33.1 Å². The lowest BCUT2D eigenvalue weighted by molar-refractivity contribution is 0.312. The predicted octanol–water partition coefficient (Wildman–Crippen LogP) is 5.92. The number of nitrogens with zero attached hydrogens (tertiary/aromatic N) is 3. The molecule has 0 aliphatic carbocycles. The van der Waals surface area contributed by atoms with Gasteiger partial charge in [0.15, 0.2) is 5.11 Å². The first kappa shape index (κ1) is 20.9. The smallest absolute Gasteiger partial charge is 0.170 e. The molecule has 2 aromatic heterocycles. The third kappa shape index (κ3) is 3.72. The fourth-order valence-corrected chi connectivity index (χ4v) is 4.96. The molecule has 2 atom stereocenters. The van der Waals surface area contributed by atoms with Gasteiger partial charge < -0.3 is 14.8 Å². The van der Waals surface area contributed by atoms with Gasteiger partial charge in [-0.3, -0.25) is 4.98 Å². The number of rotatable bonds is 6. The fourth-order valence-electron chi connectivity index (χ4n) is 4.40. The molecule has 0 saturated carbocycles. The van der Waals surface area contributed by atoms with Crippen LogP contribution in [0.2, 0.25) is 5.02 Å². The second-order valence-corrected chi connectivity index (χ2v) is 8.58. The van der Waals surface area contributed by atoms with Gasteiger partial charge in [-0.1, -0.05) is 43.1 Å². The van der Waals surface area contributed by atoms with Gasteiger partial charge in [-0.15, -0.1) is 0 Å². The van der Waals surface area contributed by atoms with E-state index in [0.717, 1.165) is 46.6 Å². The van der Waals surface area contributed by atoms with Gasteiger partial charge in [-0.2, -0.15) is 0 Å². The van der Waals surface area contributed by atoms with Crippen LogP contribution in [0.4, 0.5) is 0 Å². The molecule has 1 N–H and O–H groups in total. The van der Waals surface area contributed by atoms with Crippen LogP contribution in [0.25, 0.3) is 5.69 Å². The molecule has 6 heteroatoms. The molecule has 1 aliphatic heterocycles. The number of para-hydroxylation sites is 1. The van der Waals surface area contributed by atoms with Crippen LogP contribution in [-0.4, -0.2) is 26.1 Å². The maximum atomic E-state index is 6.54. The Labute approximate surface area is 188 Å². The molecular weight excluding hydrogens is 412 g/mol. The van der Waals surface area contributed by atoms with Crippen molar-refractivity contribution in [2.45, 2.75) is 45.7 Å². The summed E-state index contributed by atoms with van der Waals surface area (Å²) in [6, 6.07) is 16.4. The standard InChI is InChI=1S/C24H27ClN4S/c1-4-5-14-28-23(22(27-24(28)30)20-11-8-9-13-26-20)18-15-16(2)29(17(18)3)21-12-7-6-10-19(21)25/h6-13,15,22-23H,4-5,14H2,1-3H3,(H,27,30)/t22-,23+/m1/s1. The first-order chi connectivity index (χ1) is 14.5. The number of hydrogen-bond donors (Lipinski definition) is 1. The average molecular weight is 439 g/mol. The molecule has 0 radical (unpaired) electrons. The van der Waals surface area contributed by atoms with Crippen LogP contribution in [0.3, 0.4) is 0 Å². The molecule has 0 spiro atoms. The molecule has 1 aliphatic rings. The highest BCUT2D eigenvalue weighted by atomic mass is 35.5. The third-order valence-electron chi connectivity index (χ3n) is 5.83. The van der Waals surface area contributed by atoms with Crippen LogP contribution in [0.5, 0.6) is 0 Å². The van der Waals surface area contributed by atoms with Gasteiger partial charge in [0.2, 0.25) is 0 Å². The minimum atomic E-state index is 0.00996. The Hall–Kier alpha value is -2.37. The maximum absolute atomic E-state index is 6.54. The number of aromatic nitrogens is 2. The summed E-state index contributed by atoms with van der Waals surface area (Å²) in [7, 11) is 0. The lowest BCUT2D eigenvalue weighted by Crippen LogP contribution is -2.30. The van der Waals surface area contributed by atoms with E-state index in [1.165, 1.54) is 11.3 Å². The Morgan fingerprint density at radius 3 is 2.60 bits per heavy atom. The number of aryl methyl sites for hydroxylation is 1. The highest BCUT2D eigenvalue weighted by Gasteiger charge is 2.41. The summed E-state index contributed by atoms with van der Waals surface area (Å²) in [5.41, 5.74) is 5.60. The van der Waals surface area contributed by atoms with E-state index in [1.807, 2.05) is 36.5 Å². The molecular formula is C24H27ClN4S. The Bertz CT molecular complexity index is 1050. The van der Waals surface area contributed by atoms with Crippen molar-refractivity contribution >= 4 is 28.9 Å². The molecule has 1 fully saturated rings. The largest absolute Gasteiger partial charge is 0.352 e. The second-order valence-electron chi connectivity index (χ2n) is 7.79. The van der Waals surface area contributed by atoms with Crippen molar-refractivity contribution < 1.29 is 0 Å². The van der Waals surface area contributed by atoms with E-state index in [4.69, 9.17) is 23.8 Å². The number of pyridine rings is 1. The zero-order valence-corrected chi connectivity index (χ0v) is 19.2. The van der Waals surface area contributed by atoms with Crippen LogP contribution in [0.15, 0.2) is 54.7 Å². The van der Waals surface area contributed by atoms with Crippen molar-refractivity contribution in [2.24, 2.45) is 0 Å². The number of halogens is 1. The average Bonchev–Trinajstić information content (AvgIpc) is 3.23. The fraction of sp³-hybridized carbons (Fsp3) is 0.333. The van der Waals surface area contributed by atoms with Crippen LogP contribution < -0.4 is 5.32 Å². The Balaban J connectivity index is 1.83. The van der Waals surface area contributed by atoms with Gasteiger partial charge in [0.25, 0.3) is 0 Å². The van der Waals surface area contributed by atoms with Crippen LogP contribution >= 0.6 is 23.8 Å². The molecule has 1 aromatic carbocycles. The monoisotopic (exact) mass is 438 g/mol. The normalized spacial score (nSPS) is 18.7. The van der Waals surface area contributed by atoms with Crippen molar-refractivity contribution in [2.75, 3.05) is 6.54 Å². The van der Waals surface area contributed by atoms with Crippen LogP contribution in [0, 0.1) is 13.8 Å². The summed E-state index contributed by atoms with van der Waals surface area (Å²) in [6.45, 7) is 7.43. The molecule has 3 aromatic rings. The minimum absolute atomic E-state index is 0.00996. The molecule has 3 heterocycles. The van der Waals surface area contributed by atoms with Crippen LogP contribution in [0.1, 0.15) is 54.5 Å². The molecule has 4 nitrogen and oxygen atoms in total. The highest BCUT2D eigenvalue weighted by Crippen LogP contribution is 2.41. The first-order valence-corrected chi connectivity index (χ1v) is 11.2. The highest BCUT2D eigenvalue weighted by molar-refractivity contribution is 7.80. The summed E-state index contributed by atoms with van der Waals surface area (Å²) in [6.07, 6.45) is 4.06. The molecule has 4 rings (SSSR count). The second kappa shape index (κ2) is 8.78. The van der Waals surface area contributed by atoms with E-state index in [1.54, 1.807) is 0 Å². The number of thiocarbonyl (C=S) groups is 1. The van der Waals surface area contributed by atoms with Crippen molar-refractivity contribution in [3.8, 4) is 5.69 Å². The lowest BCUT2D eigenvalue weighted by atomic mass is 9.96. The maximum Gasteiger partial charge on any atom is 0.170 e. The van der Waals surface area contributed by atoms with E-state index < -0.39 is 0 Å². The first-order valence-electron chi connectivity index (χ1n) is 10.4. The van der Waals surface area contributed by atoms with Gasteiger partial charge >= 0.3 is 0 Å². The summed E-state index contributed by atoms with van der Waals surface area (Å²) >= 11 is 12.3. The zero-order chi connectivity index (χ0) is 21.3. The van der Waals surface area contributed by atoms with Gasteiger partial charge in [-0.25, -0.2) is 0 Å². The van der Waals surface area contributed by atoms with E-state index in [2.05, 4.69) is 58.7 Å². The van der Waals surface area contributed by atoms with Crippen molar-refractivity contribution in [1.29, 1.82) is 0 Å². The quantitative estimate of drug-likeness (QED) is 0.484. The lowest BCUT2D eigenvalue weighted by Gasteiger charge is -2.28. The zero-order valence-electron chi connectivity index (χ0n) is 17.6. The predicted molar refractivity (Wildman–Crippen MR) is 127 cm³/mol. The van der Waals surface area contributed by atoms with Gasteiger partial charge in [0.05, 0.1) is 28.5 Å². The summed E-state index contributed by atoms with van der Waals surface area (Å²) in [5.74, 6) is 0. The summed E-state index contributed by atoms with van der Waals surface area (Å²) in [5, 5.41) is 5.09. The molecule has 30 heavy (non-hydrogen) atoms. The Kier molecular flexibility index (Phi) is 6.11. The summed E-state index contributed by atoms with van der Waals surface area (Å²) < 4.78 is 2.24. The number of hydrogen-bond acceptors (Lipinski definition) is 2. The molecule has 0 unspecified atom stereocenters. The van der Waals surface area contributed by atoms with Crippen molar-refractivity contribution in [1.82, 2.24) is 19.8 Å². The Morgan fingerprint density at radius 1 is 1.13 bits per heavy atom.